The van der Waals surface area contributed by atoms with Crippen molar-refractivity contribution in [2.24, 2.45) is 5.90 Å². The lowest BCUT2D eigenvalue weighted by atomic mass is 10.1. The maximum atomic E-state index is 5.45. The Hall–Kier alpha value is -0.800. The van der Waals surface area contributed by atoms with Crippen molar-refractivity contribution in [3.8, 4) is 0 Å². The Bertz CT molecular complexity index is 232. The van der Waals surface area contributed by atoms with Gasteiger partial charge in [0.1, 0.15) is 11.5 Å². The van der Waals surface area contributed by atoms with E-state index in [2.05, 4.69) is 11.8 Å². The van der Waals surface area contributed by atoms with Crippen molar-refractivity contribution in [2.45, 2.75) is 26.2 Å². The summed E-state index contributed by atoms with van der Waals surface area (Å²) in [6, 6.07) is 3.96. The molecule has 3 nitrogen and oxygen atoms in total. The molecule has 0 spiro atoms. The molecule has 1 aromatic rings. The lowest BCUT2D eigenvalue weighted by molar-refractivity contribution is 0.129. The van der Waals surface area contributed by atoms with Gasteiger partial charge in [-0.3, -0.25) is 0 Å². The van der Waals surface area contributed by atoms with E-state index in [0.29, 0.717) is 12.5 Å². The number of nitrogens with two attached hydrogens (primary N) is 1. The van der Waals surface area contributed by atoms with Crippen LogP contribution >= 0.6 is 0 Å². The van der Waals surface area contributed by atoms with Crippen molar-refractivity contribution in [1.82, 2.24) is 0 Å². The van der Waals surface area contributed by atoms with E-state index in [1.807, 2.05) is 19.1 Å². The van der Waals surface area contributed by atoms with E-state index in [0.717, 1.165) is 17.9 Å². The van der Waals surface area contributed by atoms with Gasteiger partial charge in [-0.1, -0.05) is 6.92 Å². The van der Waals surface area contributed by atoms with Gasteiger partial charge in [0.2, 0.25) is 0 Å². The lowest BCUT2D eigenvalue weighted by Gasteiger charge is -2.06. The Labute approximate surface area is 72.5 Å². The van der Waals surface area contributed by atoms with Gasteiger partial charge in [-0.15, -0.1) is 0 Å². The van der Waals surface area contributed by atoms with E-state index in [1.54, 1.807) is 0 Å². The summed E-state index contributed by atoms with van der Waals surface area (Å²) < 4.78 is 5.45. The van der Waals surface area contributed by atoms with Crippen molar-refractivity contribution < 1.29 is 9.25 Å². The van der Waals surface area contributed by atoms with Gasteiger partial charge in [0.05, 0.1) is 6.61 Å². The van der Waals surface area contributed by atoms with Crippen LogP contribution in [0.15, 0.2) is 16.5 Å². The van der Waals surface area contributed by atoms with Gasteiger partial charge < -0.3 is 9.25 Å². The highest BCUT2D eigenvalue weighted by molar-refractivity contribution is 5.09. The molecule has 12 heavy (non-hydrogen) atoms. The summed E-state index contributed by atoms with van der Waals surface area (Å²) in [4.78, 5) is 4.50. The van der Waals surface area contributed by atoms with Gasteiger partial charge in [-0.2, -0.15) is 0 Å². The molecule has 0 aliphatic heterocycles. The standard InChI is InChI=1S/C9H15NO2/c1-7(5-6-11-10)9-4-3-8(2)12-9/h3-4,7H,5-6,10H2,1-2H3/t7-/m0/s1. The van der Waals surface area contributed by atoms with Crippen LogP contribution in [0.2, 0.25) is 0 Å². The van der Waals surface area contributed by atoms with Crippen LogP contribution in [0.4, 0.5) is 0 Å². The minimum absolute atomic E-state index is 0.377. The second-order valence-electron chi connectivity index (χ2n) is 3.01. The normalized spacial score (nSPS) is 13.2. The van der Waals surface area contributed by atoms with Crippen molar-refractivity contribution in [3.63, 3.8) is 0 Å². The summed E-state index contributed by atoms with van der Waals surface area (Å²) in [5, 5.41) is 0. The average Bonchev–Trinajstić information content (AvgIpc) is 2.47. The third-order valence-corrected chi connectivity index (χ3v) is 1.92. The van der Waals surface area contributed by atoms with E-state index in [-0.39, 0.29) is 0 Å². The van der Waals surface area contributed by atoms with Crippen LogP contribution in [0.5, 0.6) is 0 Å². The van der Waals surface area contributed by atoms with Crippen LogP contribution in [0.3, 0.4) is 0 Å². The molecular weight excluding hydrogens is 154 g/mol. The SMILES string of the molecule is Cc1ccc([C@@H](C)CCON)o1. The highest BCUT2D eigenvalue weighted by atomic mass is 16.6. The Morgan fingerprint density at radius 1 is 1.58 bits per heavy atom. The van der Waals surface area contributed by atoms with Gasteiger partial charge in [0, 0.05) is 5.92 Å². The number of hydrogen-bond acceptors (Lipinski definition) is 3. The first-order chi connectivity index (χ1) is 5.74. The van der Waals surface area contributed by atoms with Crippen molar-refractivity contribution in [2.75, 3.05) is 6.61 Å². The molecule has 2 N–H and O–H groups in total. The monoisotopic (exact) mass is 169 g/mol. The summed E-state index contributed by atoms with van der Waals surface area (Å²) >= 11 is 0. The highest BCUT2D eigenvalue weighted by Gasteiger charge is 2.08. The van der Waals surface area contributed by atoms with Crippen molar-refractivity contribution >= 4 is 0 Å². The van der Waals surface area contributed by atoms with E-state index in [4.69, 9.17) is 10.3 Å². The maximum Gasteiger partial charge on any atom is 0.107 e. The molecule has 0 radical (unpaired) electrons. The average molecular weight is 169 g/mol. The smallest absolute Gasteiger partial charge is 0.107 e. The molecule has 0 fully saturated rings. The minimum Gasteiger partial charge on any atom is -0.466 e. The third kappa shape index (κ3) is 2.36. The van der Waals surface area contributed by atoms with Gasteiger partial charge in [-0.05, 0) is 25.5 Å². The molecule has 1 heterocycles. The Balaban J connectivity index is 2.47. The van der Waals surface area contributed by atoms with Crippen LogP contribution in [-0.4, -0.2) is 6.61 Å². The molecule has 3 heteroatoms. The first-order valence-electron chi connectivity index (χ1n) is 4.12. The van der Waals surface area contributed by atoms with Crippen LogP contribution in [-0.2, 0) is 4.84 Å². The molecule has 1 aromatic heterocycles. The predicted molar refractivity (Wildman–Crippen MR) is 46.6 cm³/mol. The van der Waals surface area contributed by atoms with Crippen molar-refractivity contribution in [1.29, 1.82) is 0 Å². The summed E-state index contributed by atoms with van der Waals surface area (Å²) in [7, 11) is 0. The van der Waals surface area contributed by atoms with E-state index in [1.165, 1.54) is 0 Å². The summed E-state index contributed by atoms with van der Waals surface area (Å²) in [5.74, 6) is 7.26. The fraction of sp³-hybridized carbons (Fsp3) is 0.556. The third-order valence-electron chi connectivity index (χ3n) is 1.92. The molecule has 0 aliphatic rings. The number of aryl methyl sites for hydroxylation is 1. The van der Waals surface area contributed by atoms with Gasteiger partial charge in [0.15, 0.2) is 0 Å². The largest absolute Gasteiger partial charge is 0.466 e. The Kier molecular flexibility index (Phi) is 3.31. The predicted octanol–water partition coefficient (Wildman–Crippen LogP) is 1.97. The molecule has 0 unspecified atom stereocenters. The van der Waals surface area contributed by atoms with Crippen LogP contribution in [0.25, 0.3) is 0 Å². The quantitative estimate of drug-likeness (QED) is 0.701. The molecule has 1 atom stereocenters. The molecule has 0 saturated carbocycles. The van der Waals surface area contributed by atoms with Gasteiger partial charge in [-0.25, -0.2) is 5.90 Å². The topological polar surface area (TPSA) is 48.4 Å². The lowest BCUT2D eigenvalue weighted by Crippen LogP contribution is -2.04. The number of furan rings is 1. The zero-order chi connectivity index (χ0) is 8.97. The Morgan fingerprint density at radius 2 is 2.33 bits per heavy atom. The van der Waals surface area contributed by atoms with Crippen LogP contribution in [0.1, 0.15) is 30.8 Å². The van der Waals surface area contributed by atoms with E-state index < -0.39 is 0 Å². The van der Waals surface area contributed by atoms with Crippen LogP contribution in [0, 0.1) is 6.92 Å². The number of hydrogen-bond donors (Lipinski definition) is 1. The molecular formula is C9H15NO2. The van der Waals surface area contributed by atoms with Gasteiger partial charge in [0.25, 0.3) is 0 Å². The molecule has 0 bridgehead atoms. The molecule has 0 amide bonds. The fourth-order valence-corrected chi connectivity index (χ4v) is 1.11. The summed E-state index contributed by atoms with van der Waals surface area (Å²) in [6.45, 7) is 4.61. The zero-order valence-corrected chi connectivity index (χ0v) is 7.54. The van der Waals surface area contributed by atoms with E-state index in [9.17, 15) is 0 Å². The second-order valence-corrected chi connectivity index (χ2v) is 3.01. The first-order valence-corrected chi connectivity index (χ1v) is 4.12. The highest BCUT2D eigenvalue weighted by Crippen LogP contribution is 2.20. The first kappa shape index (κ1) is 9.29. The molecule has 68 valence electrons. The minimum atomic E-state index is 0.377. The molecule has 0 saturated heterocycles. The number of rotatable bonds is 4. The summed E-state index contributed by atoms with van der Waals surface area (Å²) in [6.07, 6.45) is 0.892. The zero-order valence-electron chi connectivity index (χ0n) is 7.54. The van der Waals surface area contributed by atoms with Crippen LogP contribution < -0.4 is 5.90 Å². The second kappa shape index (κ2) is 4.28. The molecule has 1 rings (SSSR count). The summed E-state index contributed by atoms with van der Waals surface area (Å²) in [5.41, 5.74) is 0. The fourth-order valence-electron chi connectivity index (χ4n) is 1.11. The molecule has 0 aromatic carbocycles. The van der Waals surface area contributed by atoms with E-state index >= 15 is 0 Å². The Morgan fingerprint density at radius 3 is 2.83 bits per heavy atom. The maximum absolute atomic E-state index is 5.45. The molecule has 0 aliphatic carbocycles. The van der Waals surface area contributed by atoms with Crippen molar-refractivity contribution in [3.05, 3.63) is 23.7 Å². The van der Waals surface area contributed by atoms with Gasteiger partial charge >= 0.3 is 0 Å².